The number of para-hydroxylation sites is 1. The highest BCUT2D eigenvalue weighted by molar-refractivity contribution is 9.10. The molecule has 1 saturated heterocycles. The summed E-state index contributed by atoms with van der Waals surface area (Å²) in [5, 5.41) is 0.597. The molecule has 0 aromatic heterocycles. The van der Waals surface area contributed by atoms with Crippen molar-refractivity contribution in [2.45, 2.75) is 6.61 Å². The Kier molecular flexibility index (Phi) is 8.79. The van der Waals surface area contributed by atoms with Crippen molar-refractivity contribution in [3.05, 3.63) is 93.1 Å². The highest BCUT2D eigenvalue weighted by Crippen LogP contribution is 2.40. The summed E-state index contributed by atoms with van der Waals surface area (Å²) >= 11 is 4.87. The van der Waals surface area contributed by atoms with Crippen LogP contribution in [0.5, 0.6) is 11.5 Å². The van der Waals surface area contributed by atoms with Crippen molar-refractivity contribution in [2.24, 2.45) is 4.99 Å². The number of amides is 1. The molecule has 4 rings (SSSR count). The van der Waals surface area contributed by atoms with E-state index in [0.717, 1.165) is 16.8 Å². The van der Waals surface area contributed by atoms with E-state index in [9.17, 15) is 9.18 Å². The number of methoxy groups -OCH3 is 2. The number of rotatable bonds is 9. The number of carbonyl (C=O) groups is 1. The van der Waals surface area contributed by atoms with Crippen molar-refractivity contribution in [3.8, 4) is 11.5 Å². The van der Waals surface area contributed by atoms with Gasteiger partial charge in [-0.1, -0.05) is 30.3 Å². The molecule has 3 aromatic carbocycles. The Morgan fingerprint density at radius 2 is 1.83 bits per heavy atom. The Morgan fingerprint density at radius 3 is 2.53 bits per heavy atom. The van der Waals surface area contributed by atoms with Crippen molar-refractivity contribution in [3.63, 3.8) is 0 Å². The van der Waals surface area contributed by atoms with Crippen LogP contribution in [0.4, 0.5) is 10.1 Å². The summed E-state index contributed by atoms with van der Waals surface area (Å²) in [4.78, 5) is 20.0. The van der Waals surface area contributed by atoms with E-state index in [0.29, 0.717) is 39.2 Å². The summed E-state index contributed by atoms with van der Waals surface area (Å²) < 4.78 is 30.5. The van der Waals surface area contributed by atoms with Crippen LogP contribution >= 0.6 is 27.7 Å². The first-order valence-electron chi connectivity index (χ1n) is 11.1. The minimum absolute atomic E-state index is 0.140. The largest absolute Gasteiger partial charge is 0.493 e. The van der Waals surface area contributed by atoms with Gasteiger partial charge in [-0.2, -0.15) is 0 Å². The van der Waals surface area contributed by atoms with Gasteiger partial charge >= 0.3 is 0 Å². The first-order chi connectivity index (χ1) is 17.5. The van der Waals surface area contributed by atoms with Crippen LogP contribution in [-0.4, -0.2) is 43.3 Å². The van der Waals surface area contributed by atoms with Gasteiger partial charge in [0.2, 0.25) is 0 Å². The van der Waals surface area contributed by atoms with Gasteiger partial charge in [0, 0.05) is 7.11 Å². The molecule has 1 amide bonds. The first-order valence-corrected chi connectivity index (χ1v) is 12.7. The predicted molar refractivity (Wildman–Crippen MR) is 144 cm³/mol. The Morgan fingerprint density at radius 1 is 1.08 bits per heavy atom. The van der Waals surface area contributed by atoms with Gasteiger partial charge in [-0.15, -0.1) is 0 Å². The zero-order valence-corrected chi connectivity index (χ0v) is 22.1. The lowest BCUT2D eigenvalue weighted by Crippen LogP contribution is -2.32. The third kappa shape index (κ3) is 6.34. The van der Waals surface area contributed by atoms with Gasteiger partial charge in [0.05, 0.1) is 35.3 Å². The molecule has 3 aromatic rings. The lowest BCUT2D eigenvalue weighted by atomic mass is 10.1. The molecule has 1 aliphatic rings. The van der Waals surface area contributed by atoms with E-state index in [4.69, 9.17) is 14.2 Å². The predicted octanol–water partition coefficient (Wildman–Crippen LogP) is 6.43. The van der Waals surface area contributed by atoms with E-state index < -0.39 is 0 Å². The van der Waals surface area contributed by atoms with Crippen molar-refractivity contribution in [2.75, 3.05) is 27.4 Å². The molecule has 0 radical (unpaired) electrons. The summed E-state index contributed by atoms with van der Waals surface area (Å²) in [5.41, 5.74) is 2.35. The number of hydrogen-bond acceptors (Lipinski definition) is 6. The van der Waals surface area contributed by atoms with Crippen LogP contribution < -0.4 is 9.47 Å². The monoisotopic (exact) mass is 570 g/mol. The average molecular weight is 571 g/mol. The fourth-order valence-corrected chi connectivity index (χ4v) is 5.03. The van der Waals surface area contributed by atoms with Gasteiger partial charge in [-0.25, -0.2) is 9.38 Å². The summed E-state index contributed by atoms with van der Waals surface area (Å²) in [6, 6.07) is 19.3. The molecule has 0 spiro atoms. The third-order valence-corrected chi connectivity index (χ3v) is 6.83. The molecule has 6 nitrogen and oxygen atoms in total. The summed E-state index contributed by atoms with van der Waals surface area (Å²) in [6.07, 6.45) is 1.80. The van der Waals surface area contributed by atoms with Crippen molar-refractivity contribution in [1.82, 2.24) is 4.90 Å². The van der Waals surface area contributed by atoms with Gasteiger partial charge in [0.1, 0.15) is 12.4 Å². The van der Waals surface area contributed by atoms with E-state index in [-0.39, 0.29) is 18.3 Å². The number of aliphatic imine (C=N–C) groups is 1. The lowest BCUT2D eigenvalue weighted by Gasteiger charge is -2.15. The second kappa shape index (κ2) is 12.2. The van der Waals surface area contributed by atoms with E-state index in [1.165, 1.54) is 23.9 Å². The fraction of sp³-hybridized carbons (Fsp3) is 0.185. The van der Waals surface area contributed by atoms with Crippen LogP contribution in [0.1, 0.15) is 11.1 Å². The number of benzene rings is 3. The minimum Gasteiger partial charge on any atom is -0.493 e. The number of ether oxygens (including phenoxy) is 3. The minimum atomic E-state index is -0.299. The number of carbonyl (C=O) groups excluding carboxylic acids is 1. The average Bonchev–Trinajstić information content (AvgIpc) is 3.16. The maximum absolute atomic E-state index is 13.2. The molecule has 0 aliphatic carbocycles. The molecule has 36 heavy (non-hydrogen) atoms. The topological polar surface area (TPSA) is 60.4 Å². The quantitative estimate of drug-likeness (QED) is 0.277. The maximum atomic E-state index is 13.2. The third-order valence-electron chi connectivity index (χ3n) is 5.23. The van der Waals surface area contributed by atoms with E-state index >= 15 is 0 Å². The Bertz CT molecular complexity index is 1280. The molecular weight excluding hydrogens is 547 g/mol. The summed E-state index contributed by atoms with van der Waals surface area (Å²) in [7, 11) is 3.15. The normalized spacial score (nSPS) is 15.7. The molecule has 1 fully saturated rings. The van der Waals surface area contributed by atoms with Crippen LogP contribution in [0.15, 0.2) is 81.1 Å². The van der Waals surface area contributed by atoms with Gasteiger partial charge in [-0.05, 0) is 81.3 Å². The molecule has 0 bridgehead atoms. The Labute approximate surface area is 221 Å². The molecule has 0 unspecified atom stereocenters. The number of halogens is 2. The molecule has 9 heteroatoms. The zero-order valence-electron chi connectivity index (χ0n) is 19.7. The summed E-state index contributed by atoms with van der Waals surface area (Å²) in [5.74, 6) is 0.580. The molecule has 1 aliphatic heterocycles. The maximum Gasteiger partial charge on any atom is 0.266 e. The smallest absolute Gasteiger partial charge is 0.266 e. The van der Waals surface area contributed by atoms with Gasteiger partial charge < -0.3 is 14.2 Å². The number of amidine groups is 1. The fourth-order valence-electron chi connectivity index (χ4n) is 3.43. The number of thioether (sulfide) groups is 1. The second-order valence-electron chi connectivity index (χ2n) is 7.74. The van der Waals surface area contributed by atoms with Crippen molar-refractivity contribution in [1.29, 1.82) is 0 Å². The van der Waals surface area contributed by atoms with Crippen LogP contribution in [0, 0.1) is 5.82 Å². The van der Waals surface area contributed by atoms with Gasteiger partial charge in [-0.3, -0.25) is 9.69 Å². The number of hydrogen-bond donors (Lipinski definition) is 0. The SMILES string of the molecule is COCCN1C(=O)C(=Cc2cc(Br)c(OCc3ccc(F)cc3)c(OC)c2)SC1=Nc1ccccc1. The van der Waals surface area contributed by atoms with E-state index in [1.807, 2.05) is 36.4 Å². The highest BCUT2D eigenvalue weighted by atomic mass is 79.9. The van der Waals surface area contributed by atoms with Gasteiger partial charge in [0.15, 0.2) is 16.7 Å². The molecule has 0 N–H and O–H groups in total. The molecule has 0 atom stereocenters. The molecule has 1 heterocycles. The lowest BCUT2D eigenvalue weighted by molar-refractivity contribution is -0.122. The van der Waals surface area contributed by atoms with E-state index in [2.05, 4.69) is 20.9 Å². The highest BCUT2D eigenvalue weighted by Gasteiger charge is 2.33. The molecular formula is C27H24BrFN2O4S. The van der Waals surface area contributed by atoms with Crippen LogP contribution in [0.3, 0.4) is 0 Å². The zero-order chi connectivity index (χ0) is 25.5. The second-order valence-corrected chi connectivity index (χ2v) is 9.60. The Hall–Kier alpha value is -3.14. The standard InChI is InChI=1S/C27H24BrFN2O4S/c1-33-13-12-31-26(32)24(36-27(31)30-21-6-4-3-5-7-21)16-19-14-22(28)25(23(15-19)34-2)35-17-18-8-10-20(29)11-9-18/h3-11,14-16H,12-13,17H2,1-2H3. The van der Waals surface area contributed by atoms with E-state index in [1.54, 1.807) is 43.4 Å². The van der Waals surface area contributed by atoms with Crippen LogP contribution in [0.2, 0.25) is 0 Å². The summed E-state index contributed by atoms with van der Waals surface area (Å²) in [6.45, 7) is 1.04. The molecule has 186 valence electrons. The van der Waals surface area contributed by atoms with Crippen LogP contribution in [-0.2, 0) is 16.1 Å². The first kappa shape index (κ1) is 25.9. The van der Waals surface area contributed by atoms with Crippen LogP contribution in [0.25, 0.3) is 6.08 Å². The van der Waals surface area contributed by atoms with Crippen molar-refractivity contribution >= 4 is 50.5 Å². The van der Waals surface area contributed by atoms with Crippen molar-refractivity contribution < 1.29 is 23.4 Å². The molecule has 0 saturated carbocycles. The Balaban J connectivity index is 1.59. The van der Waals surface area contributed by atoms with Gasteiger partial charge in [0.25, 0.3) is 5.91 Å². The number of nitrogens with zero attached hydrogens (tertiary/aromatic N) is 2.